The van der Waals surface area contributed by atoms with E-state index < -0.39 is 97.5 Å². The van der Waals surface area contributed by atoms with Gasteiger partial charge in [0.2, 0.25) is 0 Å². The number of aliphatic hydroxyl groups excluding tert-OH is 1. The molecule has 0 radical (unpaired) electrons. The Kier molecular flexibility index (Phi) is 73.1. The number of ether oxygens (including phenoxy) is 4. The second-order valence-corrected chi connectivity index (χ2v) is 33.5. The van der Waals surface area contributed by atoms with Crippen LogP contribution in [-0.4, -0.2) is 96.7 Å². The second-order valence-electron chi connectivity index (χ2n) is 30.6. The molecule has 0 amide bonds. The number of hydrogen-bond donors (Lipinski definition) is 3. The fourth-order valence-corrected chi connectivity index (χ4v) is 14.4. The van der Waals surface area contributed by atoms with Crippen molar-refractivity contribution in [1.82, 2.24) is 0 Å². The van der Waals surface area contributed by atoms with Crippen molar-refractivity contribution in [2.45, 2.75) is 458 Å². The summed E-state index contributed by atoms with van der Waals surface area (Å²) in [6.07, 6.45) is 65.4. The summed E-state index contributed by atoms with van der Waals surface area (Å²) in [5.74, 6) is -0.557. The van der Waals surface area contributed by atoms with Gasteiger partial charge in [0.1, 0.15) is 19.3 Å². The van der Waals surface area contributed by atoms with Crippen molar-refractivity contribution in [3.63, 3.8) is 0 Å². The molecule has 0 aromatic carbocycles. The van der Waals surface area contributed by atoms with Crippen LogP contribution in [0, 0.1) is 11.8 Å². The van der Waals surface area contributed by atoms with Crippen LogP contribution in [-0.2, 0) is 65.4 Å². The van der Waals surface area contributed by atoms with Crippen LogP contribution in [0.2, 0.25) is 0 Å². The second kappa shape index (κ2) is 74.5. The first-order valence-electron chi connectivity index (χ1n) is 43.0. The van der Waals surface area contributed by atoms with Crippen molar-refractivity contribution >= 4 is 39.5 Å². The monoisotopic (exact) mass is 1490 g/mol. The van der Waals surface area contributed by atoms with E-state index in [0.29, 0.717) is 31.6 Å². The number of rotatable bonds is 82. The molecule has 0 bridgehead atoms. The Morgan fingerprint density at radius 2 is 0.500 bits per heavy atom. The first-order valence-corrected chi connectivity index (χ1v) is 46.0. The van der Waals surface area contributed by atoms with Gasteiger partial charge in [0.25, 0.3) is 0 Å². The van der Waals surface area contributed by atoms with Crippen LogP contribution in [0.3, 0.4) is 0 Å². The van der Waals surface area contributed by atoms with Crippen molar-refractivity contribution in [3.8, 4) is 0 Å². The van der Waals surface area contributed by atoms with E-state index in [1.54, 1.807) is 0 Å². The molecule has 0 saturated heterocycles. The largest absolute Gasteiger partial charge is 0.472 e. The number of aliphatic hydroxyl groups is 1. The maximum atomic E-state index is 13.1. The number of phosphoric ester groups is 2. The predicted octanol–water partition coefficient (Wildman–Crippen LogP) is 25.1. The van der Waals surface area contributed by atoms with Gasteiger partial charge in [-0.1, -0.05) is 388 Å². The molecule has 0 aromatic heterocycles. The maximum Gasteiger partial charge on any atom is 0.472 e. The zero-order chi connectivity index (χ0) is 74.9. The summed E-state index contributed by atoms with van der Waals surface area (Å²) in [4.78, 5) is 73.0. The normalized spacial score (nSPS) is 14.1. The molecule has 17 nitrogen and oxygen atoms in total. The highest BCUT2D eigenvalue weighted by atomic mass is 31.2. The molecule has 0 fully saturated rings. The molecule has 0 heterocycles. The van der Waals surface area contributed by atoms with Crippen molar-refractivity contribution in [2.75, 3.05) is 39.6 Å². The fraction of sp³-hybridized carbons (Fsp3) is 0.952. The summed E-state index contributed by atoms with van der Waals surface area (Å²) in [6.45, 7) is 9.64. The summed E-state index contributed by atoms with van der Waals surface area (Å²) < 4.78 is 68.7. The Bertz CT molecular complexity index is 1960. The molecule has 6 atom stereocenters. The molecule has 19 heteroatoms. The lowest BCUT2D eigenvalue weighted by atomic mass is 9.99. The highest BCUT2D eigenvalue weighted by Crippen LogP contribution is 2.45. The van der Waals surface area contributed by atoms with E-state index in [0.717, 1.165) is 102 Å². The number of carbonyl (C=O) groups is 4. The van der Waals surface area contributed by atoms with Crippen molar-refractivity contribution in [2.24, 2.45) is 11.8 Å². The maximum absolute atomic E-state index is 13.1. The van der Waals surface area contributed by atoms with E-state index in [-0.39, 0.29) is 25.7 Å². The molecule has 0 spiro atoms. The minimum absolute atomic E-state index is 0.107. The van der Waals surface area contributed by atoms with Crippen LogP contribution >= 0.6 is 15.6 Å². The van der Waals surface area contributed by atoms with Crippen LogP contribution < -0.4 is 0 Å². The molecule has 0 aliphatic heterocycles. The average Bonchev–Trinajstić information content (AvgIpc) is 0.939. The molecule has 3 unspecified atom stereocenters. The Hall–Kier alpha value is -1.94. The zero-order valence-corrected chi connectivity index (χ0v) is 68.7. The Morgan fingerprint density at radius 1 is 0.284 bits per heavy atom. The summed E-state index contributed by atoms with van der Waals surface area (Å²) in [7, 11) is -9.92. The third-order valence-corrected chi connectivity index (χ3v) is 21.7. The van der Waals surface area contributed by atoms with Crippen molar-refractivity contribution in [1.29, 1.82) is 0 Å². The minimum Gasteiger partial charge on any atom is -0.462 e. The first-order chi connectivity index (χ1) is 49.4. The summed E-state index contributed by atoms with van der Waals surface area (Å²) in [5, 5.41) is 10.6. The van der Waals surface area contributed by atoms with Gasteiger partial charge in [-0.05, 0) is 37.5 Å². The van der Waals surface area contributed by atoms with Crippen LogP contribution in [0.1, 0.15) is 440 Å². The Balaban J connectivity index is 5.20. The highest BCUT2D eigenvalue weighted by molar-refractivity contribution is 7.47. The van der Waals surface area contributed by atoms with Crippen LogP contribution in [0.5, 0.6) is 0 Å². The van der Waals surface area contributed by atoms with E-state index in [9.17, 15) is 43.2 Å². The third-order valence-electron chi connectivity index (χ3n) is 19.8. The lowest BCUT2D eigenvalue weighted by Crippen LogP contribution is -2.30. The van der Waals surface area contributed by atoms with Gasteiger partial charge < -0.3 is 33.8 Å². The number of carbonyl (C=O) groups excluding carboxylic acids is 4. The topological polar surface area (TPSA) is 237 Å². The third kappa shape index (κ3) is 74.9. The van der Waals surface area contributed by atoms with Gasteiger partial charge in [0.05, 0.1) is 26.4 Å². The molecule has 0 aliphatic rings. The van der Waals surface area contributed by atoms with E-state index in [2.05, 4.69) is 41.5 Å². The van der Waals surface area contributed by atoms with Gasteiger partial charge in [-0.3, -0.25) is 37.3 Å². The van der Waals surface area contributed by atoms with Gasteiger partial charge in [-0.2, -0.15) is 0 Å². The van der Waals surface area contributed by atoms with Gasteiger partial charge in [0, 0.05) is 25.7 Å². The van der Waals surface area contributed by atoms with Crippen molar-refractivity contribution < 1.29 is 80.2 Å². The van der Waals surface area contributed by atoms with E-state index in [4.69, 9.17) is 37.0 Å². The molecule has 0 aliphatic carbocycles. The Labute approximate surface area is 626 Å². The van der Waals surface area contributed by atoms with Gasteiger partial charge in [-0.15, -0.1) is 0 Å². The number of phosphoric acid groups is 2. The number of esters is 4. The highest BCUT2D eigenvalue weighted by Gasteiger charge is 2.30. The zero-order valence-electron chi connectivity index (χ0n) is 66.9. The number of unbranched alkanes of at least 4 members (excludes halogenated alkanes) is 51. The van der Waals surface area contributed by atoms with Crippen LogP contribution in [0.25, 0.3) is 0 Å². The van der Waals surface area contributed by atoms with E-state index >= 15 is 0 Å². The summed E-state index contributed by atoms with van der Waals surface area (Å²) >= 11 is 0. The predicted molar refractivity (Wildman–Crippen MR) is 418 cm³/mol. The molecular formula is C83H162O17P2. The van der Waals surface area contributed by atoms with Crippen LogP contribution in [0.15, 0.2) is 0 Å². The summed E-state index contributed by atoms with van der Waals surface area (Å²) in [6, 6.07) is 0. The molecule has 0 aromatic rings. The fourth-order valence-electron chi connectivity index (χ4n) is 12.9. The molecule has 3 N–H and O–H groups in total. The molecule has 0 saturated carbocycles. The average molecular weight is 1490 g/mol. The van der Waals surface area contributed by atoms with Gasteiger partial charge in [-0.25, -0.2) is 9.13 Å². The molecule has 102 heavy (non-hydrogen) atoms. The molecular weight excluding hydrogens is 1330 g/mol. The first kappa shape index (κ1) is 100. The van der Waals surface area contributed by atoms with Gasteiger partial charge in [0.15, 0.2) is 12.2 Å². The smallest absolute Gasteiger partial charge is 0.462 e. The summed E-state index contributed by atoms with van der Waals surface area (Å²) in [5.41, 5.74) is 0. The van der Waals surface area contributed by atoms with Gasteiger partial charge >= 0.3 is 39.5 Å². The number of hydrogen-bond acceptors (Lipinski definition) is 15. The Morgan fingerprint density at radius 3 is 0.745 bits per heavy atom. The molecule has 0 rings (SSSR count). The van der Waals surface area contributed by atoms with Crippen molar-refractivity contribution in [3.05, 3.63) is 0 Å². The quantitative estimate of drug-likeness (QED) is 0.0222. The van der Waals surface area contributed by atoms with E-state index in [1.807, 2.05) is 0 Å². The van der Waals surface area contributed by atoms with E-state index in [1.165, 1.54) is 250 Å². The lowest BCUT2D eigenvalue weighted by Gasteiger charge is -2.21. The SMILES string of the molecule is CCCCCCCCCCCCCCCCCCCC(=O)OC[C@H](COP(=O)(O)OC[C@@H](O)COP(=O)(O)OC[C@@H](COC(=O)CCCCCCCCC(C)C)OC(=O)CCCCCCCCCCCCCCCC)OC(=O)CCCCCCCCCCCCCCCCCCCCC(C)CC. The standard InChI is InChI=1S/C83H162O17P2/c1-7-10-12-14-16-18-20-22-24-27-31-35-38-42-46-53-59-65-80(85)93-71-78(99-82(87)68-62-56-48-44-40-36-32-29-26-25-28-30-33-37-41-45-52-58-64-76(6)9-3)73-97-101(89,90)95-69-77(84)70-96-102(91,92)98-74-79(72-94-81(86)66-60-54-50-49-51-57-63-75(4)5)100-83(88)67-61-55-47-43-39-34-23-21-19-17-15-13-11-8-2/h75-79,84H,7-74H2,1-6H3,(H,89,90)(H,91,92)/t76?,77-,78-,79-/m1/s1. The lowest BCUT2D eigenvalue weighted by molar-refractivity contribution is -0.161. The minimum atomic E-state index is -4.96. The molecule has 606 valence electrons. The van der Waals surface area contributed by atoms with Crippen LogP contribution in [0.4, 0.5) is 0 Å².